The van der Waals surface area contributed by atoms with Crippen molar-refractivity contribution in [1.82, 2.24) is 4.90 Å². The summed E-state index contributed by atoms with van der Waals surface area (Å²) in [7, 11) is 4.98. The molecular formula is C15H26N2O3. The van der Waals surface area contributed by atoms with E-state index in [1.54, 1.807) is 21.3 Å². The Morgan fingerprint density at radius 1 is 1.15 bits per heavy atom. The van der Waals surface area contributed by atoms with Crippen LogP contribution in [0.2, 0.25) is 0 Å². The molecule has 1 atom stereocenters. The average molecular weight is 282 g/mol. The minimum Gasteiger partial charge on any atom is -0.493 e. The van der Waals surface area contributed by atoms with Gasteiger partial charge in [0.25, 0.3) is 0 Å². The first kappa shape index (κ1) is 16.8. The Hall–Kier alpha value is -1.30. The Kier molecular flexibility index (Phi) is 7.36. The van der Waals surface area contributed by atoms with Crippen molar-refractivity contribution >= 4 is 0 Å². The third-order valence-corrected chi connectivity index (χ3v) is 3.45. The second kappa shape index (κ2) is 8.79. The number of ether oxygens (including phenoxy) is 3. The molecule has 1 rings (SSSR count). The van der Waals surface area contributed by atoms with Crippen LogP contribution in [0.4, 0.5) is 0 Å². The largest absolute Gasteiger partial charge is 0.493 e. The van der Waals surface area contributed by atoms with Gasteiger partial charge in [-0.15, -0.1) is 0 Å². The molecule has 0 saturated heterocycles. The lowest BCUT2D eigenvalue weighted by molar-refractivity contribution is 0.125. The number of likely N-dealkylation sites (N-methyl/N-ethyl adjacent to an activating group) is 1. The van der Waals surface area contributed by atoms with Gasteiger partial charge >= 0.3 is 0 Å². The van der Waals surface area contributed by atoms with Gasteiger partial charge in [0.2, 0.25) is 0 Å². The van der Waals surface area contributed by atoms with Gasteiger partial charge in [-0.3, -0.25) is 4.90 Å². The maximum absolute atomic E-state index is 5.96. The fourth-order valence-electron chi connectivity index (χ4n) is 2.30. The molecule has 2 N–H and O–H groups in total. The Bertz CT molecular complexity index is 399. The second-order valence-electron chi connectivity index (χ2n) is 4.49. The molecule has 1 aromatic carbocycles. The number of rotatable bonds is 9. The number of hydrogen-bond donors (Lipinski definition) is 1. The van der Waals surface area contributed by atoms with Gasteiger partial charge in [-0.1, -0.05) is 13.0 Å². The molecule has 0 bridgehead atoms. The molecule has 0 aromatic heterocycles. The van der Waals surface area contributed by atoms with Gasteiger partial charge in [0.1, 0.15) is 0 Å². The number of benzene rings is 1. The molecule has 0 aliphatic carbocycles. The minimum absolute atomic E-state index is 0.148. The predicted octanol–water partition coefficient (Wildman–Crippen LogP) is 1.67. The van der Waals surface area contributed by atoms with E-state index in [0.29, 0.717) is 13.2 Å². The van der Waals surface area contributed by atoms with E-state index in [9.17, 15) is 0 Å². The van der Waals surface area contributed by atoms with Crippen molar-refractivity contribution in [3.05, 3.63) is 23.8 Å². The Balaban J connectivity index is 2.98. The highest BCUT2D eigenvalue weighted by Crippen LogP contribution is 2.31. The normalized spacial score (nSPS) is 12.5. The summed E-state index contributed by atoms with van der Waals surface area (Å²) in [5.41, 5.74) is 7.09. The molecule has 1 unspecified atom stereocenters. The van der Waals surface area contributed by atoms with E-state index in [1.807, 2.05) is 18.2 Å². The summed E-state index contributed by atoms with van der Waals surface area (Å²) in [4.78, 5) is 2.30. The van der Waals surface area contributed by atoms with Crippen molar-refractivity contribution < 1.29 is 14.2 Å². The Labute approximate surface area is 121 Å². The lowest BCUT2D eigenvalue weighted by atomic mass is 10.0. The summed E-state index contributed by atoms with van der Waals surface area (Å²) in [6, 6.07) is 6.09. The molecule has 0 fully saturated rings. The quantitative estimate of drug-likeness (QED) is 0.746. The van der Waals surface area contributed by atoms with Crippen molar-refractivity contribution in [2.24, 2.45) is 5.73 Å². The van der Waals surface area contributed by atoms with Crippen LogP contribution in [0.25, 0.3) is 0 Å². The molecule has 5 nitrogen and oxygen atoms in total. The van der Waals surface area contributed by atoms with Crippen LogP contribution in [-0.4, -0.2) is 52.5 Å². The molecule has 0 saturated carbocycles. The molecule has 5 heteroatoms. The molecule has 0 amide bonds. The molecular weight excluding hydrogens is 256 g/mol. The van der Waals surface area contributed by atoms with E-state index in [4.69, 9.17) is 19.9 Å². The second-order valence-corrected chi connectivity index (χ2v) is 4.49. The van der Waals surface area contributed by atoms with Crippen molar-refractivity contribution in [1.29, 1.82) is 0 Å². The summed E-state index contributed by atoms with van der Waals surface area (Å²) in [5.74, 6) is 1.46. The van der Waals surface area contributed by atoms with Crippen molar-refractivity contribution in [3.8, 4) is 11.5 Å². The van der Waals surface area contributed by atoms with Crippen LogP contribution in [0, 0.1) is 0 Å². The first-order valence-corrected chi connectivity index (χ1v) is 6.86. The smallest absolute Gasteiger partial charge is 0.161 e. The van der Waals surface area contributed by atoms with Gasteiger partial charge in [-0.25, -0.2) is 0 Å². The number of methoxy groups -OCH3 is 3. The monoisotopic (exact) mass is 282 g/mol. The maximum Gasteiger partial charge on any atom is 0.161 e. The lowest BCUT2D eigenvalue weighted by Gasteiger charge is -2.30. The summed E-state index contributed by atoms with van der Waals surface area (Å²) < 4.78 is 15.8. The highest BCUT2D eigenvalue weighted by atomic mass is 16.5. The van der Waals surface area contributed by atoms with Crippen LogP contribution < -0.4 is 15.2 Å². The third-order valence-electron chi connectivity index (χ3n) is 3.45. The van der Waals surface area contributed by atoms with Crippen molar-refractivity contribution in [2.45, 2.75) is 13.0 Å². The van der Waals surface area contributed by atoms with Crippen molar-refractivity contribution in [3.63, 3.8) is 0 Å². The van der Waals surface area contributed by atoms with Gasteiger partial charge in [0.15, 0.2) is 11.5 Å². The van der Waals surface area contributed by atoms with Crippen LogP contribution in [0.3, 0.4) is 0 Å². The first-order valence-electron chi connectivity index (χ1n) is 6.86. The molecule has 114 valence electrons. The highest BCUT2D eigenvalue weighted by molar-refractivity contribution is 5.43. The van der Waals surface area contributed by atoms with E-state index in [-0.39, 0.29) is 6.04 Å². The summed E-state index contributed by atoms with van der Waals surface area (Å²) >= 11 is 0. The van der Waals surface area contributed by atoms with E-state index in [2.05, 4.69) is 11.8 Å². The standard InChI is InChI=1S/C15H26N2O3/c1-5-17(8-9-18-2)13(11-16)12-6-7-14(19-3)15(10-12)20-4/h6-7,10,13H,5,8-9,11,16H2,1-4H3. The van der Waals surface area contributed by atoms with Crippen LogP contribution in [-0.2, 0) is 4.74 Å². The topological polar surface area (TPSA) is 57.0 Å². The van der Waals surface area contributed by atoms with Crippen molar-refractivity contribution in [2.75, 3.05) is 47.6 Å². The van der Waals surface area contributed by atoms with Gasteiger partial charge in [0, 0.05) is 26.2 Å². The zero-order valence-electron chi connectivity index (χ0n) is 12.9. The van der Waals surface area contributed by atoms with E-state index < -0.39 is 0 Å². The fraction of sp³-hybridized carbons (Fsp3) is 0.600. The van der Waals surface area contributed by atoms with Gasteiger partial charge in [0.05, 0.1) is 20.8 Å². The fourth-order valence-corrected chi connectivity index (χ4v) is 2.30. The molecule has 0 aliphatic rings. The summed E-state index contributed by atoms with van der Waals surface area (Å²) in [5, 5.41) is 0. The summed E-state index contributed by atoms with van der Waals surface area (Å²) in [6.45, 7) is 5.13. The van der Waals surface area contributed by atoms with Crippen LogP contribution >= 0.6 is 0 Å². The van der Waals surface area contributed by atoms with Gasteiger partial charge in [-0.2, -0.15) is 0 Å². The zero-order chi connectivity index (χ0) is 15.0. The van der Waals surface area contributed by atoms with Gasteiger partial charge < -0.3 is 19.9 Å². The van der Waals surface area contributed by atoms with E-state index >= 15 is 0 Å². The summed E-state index contributed by atoms with van der Waals surface area (Å²) in [6.07, 6.45) is 0. The minimum atomic E-state index is 0.148. The Morgan fingerprint density at radius 2 is 1.85 bits per heavy atom. The molecule has 0 radical (unpaired) electrons. The lowest BCUT2D eigenvalue weighted by Crippen LogP contribution is -2.36. The zero-order valence-corrected chi connectivity index (χ0v) is 12.9. The maximum atomic E-state index is 5.96. The van der Waals surface area contributed by atoms with Crippen LogP contribution in [0.1, 0.15) is 18.5 Å². The Morgan fingerprint density at radius 3 is 2.35 bits per heavy atom. The average Bonchev–Trinajstić information content (AvgIpc) is 2.50. The first-order chi connectivity index (χ1) is 9.71. The number of hydrogen-bond acceptors (Lipinski definition) is 5. The number of nitrogens with two attached hydrogens (primary N) is 1. The molecule has 20 heavy (non-hydrogen) atoms. The van der Waals surface area contributed by atoms with E-state index in [1.165, 1.54) is 0 Å². The van der Waals surface area contributed by atoms with Gasteiger partial charge in [-0.05, 0) is 24.2 Å². The predicted molar refractivity (Wildman–Crippen MR) is 80.5 cm³/mol. The molecule has 0 heterocycles. The highest BCUT2D eigenvalue weighted by Gasteiger charge is 2.19. The molecule has 0 spiro atoms. The van der Waals surface area contributed by atoms with Crippen LogP contribution in [0.5, 0.6) is 11.5 Å². The van der Waals surface area contributed by atoms with Crippen LogP contribution in [0.15, 0.2) is 18.2 Å². The molecule has 0 aliphatic heterocycles. The SMILES string of the molecule is CCN(CCOC)C(CN)c1ccc(OC)c(OC)c1. The third kappa shape index (κ3) is 4.10. The molecule has 1 aromatic rings. The van der Waals surface area contributed by atoms with E-state index in [0.717, 1.165) is 30.2 Å². The number of nitrogens with zero attached hydrogens (tertiary/aromatic N) is 1.